The summed E-state index contributed by atoms with van der Waals surface area (Å²) in [6, 6.07) is 13.1. The molecule has 2 aromatic carbocycles. The van der Waals surface area contributed by atoms with Gasteiger partial charge in [-0.1, -0.05) is 73.9 Å². The van der Waals surface area contributed by atoms with Gasteiger partial charge in [-0.3, -0.25) is 9.59 Å². The standard InChI is InChI=1S/C31H45N3O5/c1-7-8-12-17-32-28(36)27(25-20-22(2)15-16-23(25)3)34(18-19-35)29(37)26(21-24-13-10-9-11-14-24)33-30(38)39-31(4,5)6/h9-11,13-16,20,26-27,35H,7-8,12,17-19,21H2,1-6H3,(H,32,36)(H,33,38). The number of rotatable bonds is 13. The molecule has 39 heavy (non-hydrogen) atoms. The molecule has 2 aromatic rings. The van der Waals surface area contributed by atoms with E-state index in [4.69, 9.17) is 4.74 Å². The Morgan fingerprint density at radius 3 is 2.33 bits per heavy atom. The monoisotopic (exact) mass is 539 g/mol. The molecule has 0 heterocycles. The Morgan fingerprint density at radius 2 is 1.72 bits per heavy atom. The van der Waals surface area contributed by atoms with Crippen LogP contribution in [0.2, 0.25) is 0 Å². The summed E-state index contributed by atoms with van der Waals surface area (Å²) in [4.78, 5) is 42.0. The SMILES string of the molecule is CCCCCNC(=O)C(c1cc(C)ccc1C)N(CCO)C(=O)C(Cc1ccccc1)NC(=O)OC(C)(C)C. The van der Waals surface area contributed by atoms with E-state index in [1.807, 2.05) is 62.4 Å². The predicted molar refractivity (Wildman–Crippen MR) is 153 cm³/mol. The molecule has 2 atom stereocenters. The van der Waals surface area contributed by atoms with Crippen molar-refractivity contribution in [1.29, 1.82) is 0 Å². The number of carbonyl (C=O) groups is 3. The molecule has 0 saturated heterocycles. The van der Waals surface area contributed by atoms with E-state index >= 15 is 0 Å². The Hall–Kier alpha value is -3.39. The third-order valence-corrected chi connectivity index (χ3v) is 6.26. The maximum atomic E-state index is 14.2. The number of aliphatic hydroxyl groups excluding tert-OH is 1. The van der Waals surface area contributed by atoms with Crippen molar-refractivity contribution < 1.29 is 24.2 Å². The van der Waals surface area contributed by atoms with Crippen LogP contribution in [-0.2, 0) is 20.7 Å². The third kappa shape index (κ3) is 10.4. The van der Waals surface area contributed by atoms with Gasteiger partial charge in [0.15, 0.2) is 0 Å². The fourth-order valence-corrected chi connectivity index (χ4v) is 4.36. The van der Waals surface area contributed by atoms with Gasteiger partial charge in [0, 0.05) is 19.5 Å². The molecule has 0 aromatic heterocycles. The Kier molecular flexibility index (Phi) is 12.5. The molecule has 0 saturated carbocycles. The van der Waals surface area contributed by atoms with Gasteiger partial charge < -0.3 is 25.4 Å². The number of benzene rings is 2. The van der Waals surface area contributed by atoms with E-state index in [1.54, 1.807) is 20.8 Å². The summed E-state index contributed by atoms with van der Waals surface area (Å²) in [7, 11) is 0. The third-order valence-electron chi connectivity index (χ3n) is 6.26. The largest absolute Gasteiger partial charge is 0.444 e. The van der Waals surface area contributed by atoms with Gasteiger partial charge in [0.25, 0.3) is 0 Å². The highest BCUT2D eigenvalue weighted by atomic mass is 16.6. The normalized spacial score (nSPS) is 12.8. The highest BCUT2D eigenvalue weighted by Crippen LogP contribution is 2.27. The van der Waals surface area contributed by atoms with E-state index in [-0.39, 0.29) is 25.5 Å². The van der Waals surface area contributed by atoms with E-state index < -0.39 is 29.7 Å². The number of carbonyl (C=O) groups excluding carboxylic acids is 3. The van der Waals surface area contributed by atoms with Crippen LogP contribution in [0, 0.1) is 13.8 Å². The van der Waals surface area contributed by atoms with Gasteiger partial charge in [0.1, 0.15) is 17.7 Å². The number of hydrogen-bond acceptors (Lipinski definition) is 5. The highest BCUT2D eigenvalue weighted by molar-refractivity contribution is 5.92. The number of aryl methyl sites for hydroxylation is 2. The number of alkyl carbamates (subject to hydrolysis) is 1. The number of amides is 3. The van der Waals surface area contributed by atoms with E-state index in [0.29, 0.717) is 12.1 Å². The summed E-state index contributed by atoms with van der Waals surface area (Å²) < 4.78 is 5.45. The van der Waals surface area contributed by atoms with Crippen molar-refractivity contribution in [2.75, 3.05) is 19.7 Å². The van der Waals surface area contributed by atoms with Crippen molar-refractivity contribution in [3.63, 3.8) is 0 Å². The Bertz CT molecular complexity index is 1080. The lowest BCUT2D eigenvalue weighted by molar-refractivity contribution is -0.143. The van der Waals surface area contributed by atoms with Crippen LogP contribution < -0.4 is 10.6 Å². The first-order valence-electron chi connectivity index (χ1n) is 13.8. The Labute approximate surface area is 233 Å². The molecule has 0 fully saturated rings. The summed E-state index contributed by atoms with van der Waals surface area (Å²) in [5, 5.41) is 15.7. The molecule has 0 bridgehead atoms. The molecule has 3 amide bonds. The fraction of sp³-hybridized carbons (Fsp3) is 0.516. The maximum Gasteiger partial charge on any atom is 0.408 e. The lowest BCUT2D eigenvalue weighted by Crippen LogP contribution is -2.54. The molecule has 8 heteroatoms. The van der Waals surface area contributed by atoms with Crippen LogP contribution in [0.4, 0.5) is 4.79 Å². The van der Waals surface area contributed by atoms with Gasteiger partial charge in [0.2, 0.25) is 11.8 Å². The molecule has 0 aliphatic carbocycles. The molecule has 0 spiro atoms. The van der Waals surface area contributed by atoms with E-state index in [0.717, 1.165) is 36.0 Å². The summed E-state index contributed by atoms with van der Waals surface area (Å²) in [5.41, 5.74) is 2.56. The fourth-order valence-electron chi connectivity index (χ4n) is 4.36. The summed E-state index contributed by atoms with van der Waals surface area (Å²) in [6.45, 7) is 11.2. The minimum atomic E-state index is -1.02. The molecule has 2 unspecified atom stereocenters. The number of unbranched alkanes of at least 4 members (excludes halogenated alkanes) is 2. The number of hydrogen-bond donors (Lipinski definition) is 3. The van der Waals surface area contributed by atoms with Crippen molar-refractivity contribution in [3.8, 4) is 0 Å². The van der Waals surface area contributed by atoms with Crippen LogP contribution in [0.5, 0.6) is 0 Å². The van der Waals surface area contributed by atoms with Gasteiger partial charge in [-0.15, -0.1) is 0 Å². The molecule has 0 aliphatic heterocycles. The van der Waals surface area contributed by atoms with Gasteiger partial charge in [0.05, 0.1) is 6.61 Å². The van der Waals surface area contributed by atoms with Crippen LogP contribution in [0.1, 0.15) is 75.3 Å². The smallest absolute Gasteiger partial charge is 0.408 e. The molecule has 8 nitrogen and oxygen atoms in total. The molecule has 3 N–H and O–H groups in total. The molecule has 0 radical (unpaired) electrons. The van der Waals surface area contributed by atoms with Gasteiger partial charge in [-0.2, -0.15) is 0 Å². The number of aliphatic hydroxyl groups is 1. The zero-order chi connectivity index (χ0) is 29.0. The molecular formula is C31H45N3O5. The van der Waals surface area contributed by atoms with Crippen molar-refractivity contribution in [3.05, 3.63) is 70.8 Å². The molecular weight excluding hydrogens is 494 g/mol. The van der Waals surface area contributed by atoms with Crippen LogP contribution in [-0.4, -0.2) is 59.3 Å². The average Bonchev–Trinajstić information content (AvgIpc) is 2.87. The minimum absolute atomic E-state index is 0.0828. The molecule has 0 aliphatic rings. The van der Waals surface area contributed by atoms with Gasteiger partial charge in [-0.05, 0) is 57.7 Å². The summed E-state index contributed by atoms with van der Waals surface area (Å²) in [5.74, 6) is -0.800. The molecule has 214 valence electrons. The van der Waals surface area contributed by atoms with E-state index in [1.165, 1.54) is 4.90 Å². The van der Waals surface area contributed by atoms with Crippen molar-refractivity contribution in [2.24, 2.45) is 0 Å². The van der Waals surface area contributed by atoms with Crippen molar-refractivity contribution in [2.45, 2.75) is 84.9 Å². The van der Waals surface area contributed by atoms with Gasteiger partial charge in [-0.25, -0.2) is 4.79 Å². The first-order valence-corrected chi connectivity index (χ1v) is 13.8. The number of nitrogens with one attached hydrogen (secondary N) is 2. The van der Waals surface area contributed by atoms with Crippen molar-refractivity contribution in [1.82, 2.24) is 15.5 Å². The lowest BCUT2D eigenvalue weighted by Gasteiger charge is -2.35. The van der Waals surface area contributed by atoms with Gasteiger partial charge >= 0.3 is 6.09 Å². The highest BCUT2D eigenvalue weighted by Gasteiger charge is 2.36. The minimum Gasteiger partial charge on any atom is -0.444 e. The summed E-state index contributed by atoms with van der Waals surface area (Å²) >= 11 is 0. The first kappa shape index (κ1) is 31.8. The van der Waals surface area contributed by atoms with Crippen molar-refractivity contribution >= 4 is 17.9 Å². The number of nitrogens with zero attached hydrogens (tertiary/aromatic N) is 1. The van der Waals surface area contributed by atoms with Crippen LogP contribution >= 0.6 is 0 Å². The topological polar surface area (TPSA) is 108 Å². The zero-order valence-electron chi connectivity index (χ0n) is 24.3. The van der Waals surface area contributed by atoms with E-state index in [2.05, 4.69) is 17.6 Å². The summed E-state index contributed by atoms with van der Waals surface area (Å²) in [6.07, 6.45) is 2.29. The maximum absolute atomic E-state index is 14.2. The second kappa shape index (κ2) is 15.3. The quantitative estimate of drug-likeness (QED) is 0.322. The Balaban J connectivity index is 2.51. The second-order valence-corrected chi connectivity index (χ2v) is 10.9. The average molecular weight is 540 g/mol. The lowest BCUT2D eigenvalue weighted by atomic mass is 9.95. The predicted octanol–water partition coefficient (Wildman–Crippen LogP) is 4.61. The molecule has 2 rings (SSSR count). The van der Waals surface area contributed by atoms with Crippen LogP contribution in [0.3, 0.4) is 0 Å². The first-order chi connectivity index (χ1) is 18.5. The van der Waals surface area contributed by atoms with Crippen LogP contribution in [0.25, 0.3) is 0 Å². The van der Waals surface area contributed by atoms with Crippen LogP contribution in [0.15, 0.2) is 48.5 Å². The zero-order valence-corrected chi connectivity index (χ0v) is 24.3. The van der Waals surface area contributed by atoms with E-state index in [9.17, 15) is 19.5 Å². The Morgan fingerprint density at radius 1 is 1.03 bits per heavy atom. The number of ether oxygens (including phenoxy) is 1. The second-order valence-electron chi connectivity index (χ2n) is 10.9.